The van der Waals surface area contributed by atoms with Gasteiger partial charge in [0.1, 0.15) is 0 Å². The van der Waals surface area contributed by atoms with Crippen LogP contribution >= 0.6 is 11.3 Å². The lowest BCUT2D eigenvalue weighted by Gasteiger charge is -2.32. The monoisotopic (exact) mass is 464 g/mol. The Morgan fingerprint density at radius 1 is 1.09 bits per heavy atom. The number of amides is 1. The van der Waals surface area contributed by atoms with Gasteiger partial charge in [0.25, 0.3) is 5.91 Å². The van der Waals surface area contributed by atoms with Gasteiger partial charge in [-0.15, -0.1) is 11.3 Å². The molecule has 1 aliphatic carbocycles. The summed E-state index contributed by atoms with van der Waals surface area (Å²) < 4.78 is 1.33. The molecule has 2 aromatic carbocycles. The quantitative estimate of drug-likeness (QED) is 0.400. The molecule has 1 saturated carbocycles. The van der Waals surface area contributed by atoms with Crippen molar-refractivity contribution in [2.75, 3.05) is 18.9 Å². The SMILES string of the molecule is Cc1c(C(Nc2ccc(C(=O)N(C)CCC(=O)O)cc2)C2CCCCC2)sc2ccccc12. The average Bonchev–Trinajstić information content (AvgIpc) is 3.17. The van der Waals surface area contributed by atoms with E-state index in [0.29, 0.717) is 11.5 Å². The smallest absolute Gasteiger partial charge is 0.305 e. The van der Waals surface area contributed by atoms with Crippen LogP contribution < -0.4 is 5.32 Å². The molecule has 3 aromatic rings. The second-order valence-electron chi connectivity index (χ2n) is 9.06. The van der Waals surface area contributed by atoms with E-state index in [0.717, 1.165) is 5.69 Å². The summed E-state index contributed by atoms with van der Waals surface area (Å²) in [5.74, 6) is -0.472. The van der Waals surface area contributed by atoms with Gasteiger partial charge >= 0.3 is 5.97 Å². The molecule has 1 aliphatic rings. The van der Waals surface area contributed by atoms with Crippen molar-refractivity contribution in [1.82, 2.24) is 4.90 Å². The number of carbonyl (C=O) groups excluding carboxylic acids is 1. The number of hydrogen-bond acceptors (Lipinski definition) is 4. The number of aliphatic carboxylic acids is 1. The lowest BCUT2D eigenvalue weighted by molar-refractivity contribution is -0.137. The molecule has 0 spiro atoms. The van der Waals surface area contributed by atoms with E-state index < -0.39 is 5.97 Å². The van der Waals surface area contributed by atoms with Gasteiger partial charge in [-0.1, -0.05) is 37.5 Å². The second kappa shape index (κ2) is 10.4. The number of aryl methyl sites for hydroxylation is 1. The molecule has 0 aliphatic heterocycles. The predicted octanol–water partition coefficient (Wildman–Crippen LogP) is 6.49. The van der Waals surface area contributed by atoms with Crippen molar-refractivity contribution in [3.05, 3.63) is 64.5 Å². The van der Waals surface area contributed by atoms with Crippen LogP contribution in [-0.4, -0.2) is 35.5 Å². The van der Waals surface area contributed by atoms with Crippen molar-refractivity contribution >= 4 is 39.0 Å². The van der Waals surface area contributed by atoms with Gasteiger partial charge in [0, 0.05) is 34.4 Å². The van der Waals surface area contributed by atoms with Gasteiger partial charge in [-0.2, -0.15) is 0 Å². The van der Waals surface area contributed by atoms with E-state index in [2.05, 4.69) is 36.5 Å². The lowest BCUT2D eigenvalue weighted by atomic mass is 9.82. The number of carbonyl (C=O) groups is 2. The maximum atomic E-state index is 12.6. The fraction of sp³-hybridized carbons (Fsp3) is 0.407. The third-order valence-electron chi connectivity index (χ3n) is 6.75. The van der Waals surface area contributed by atoms with Crippen LogP contribution in [-0.2, 0) is 4.79 Å². The van der Waals surface area contributed by atoms with E-state index in [1.54, 1.807) is 7.05 Å². The number of hydrogen-bond donors (Lipinski definition) is 2. The van der Waals surface area contributed by atoms with Crippen LogP contribution in [0.25, 0.3) is 10.1 Å². The number of carboxylic acid groups (broad SMARTS) is 1. The van der Waals surface area contributed by atoms with E-state index in [4.69, 9.17) is 5.11 Å². The Hall–Kier alpha value is -2.86. The van der Waals surface area contributed by atoms with E-state index in [1.165, 1.54) is 57.5 Å². The first-order chi connectivity index (χ1) is 15.9. The maximum Gasteiger partial charge on any atom is 0.305 e. The zero-order chi connectivity index (χ0) is 23.4. The summed E-state index contributed by atoms with van der Waals surface area (Å²) in [7, 11) is 1.64. The van der Waals surface area contributed by atoms with Crippen LogP contribution in [0.3, 0.4) is 0 Å². The van der Waals surface area contributed by atoms with Crippen molar-refractivity contribution in [1.29, 1.82) is 0 Å². The number of fused-ring (bicyclic) bond motifs is 1. The highest BCUT2D eigenvalue weighted by Crippen LogP contribution is 2.43. The van der Waals surface area contributed by atoms with Gasteiger partial charge in [-0.05, 0) is 67.0 Å². The number of nitrogens with one attached hydrogen (secondary N) is 1. The minimum absolute atomic E-state index is 0.0561. The first-order valence-electron chi connectivity index (χ1n) is 11.8. The Kier molecular flexibility index (Phi) is 7.33. The number of benzene rings is 2. The molecular formula is C27H32N2O3S. The zero-order valence-corrected chi connectivity index (χ0v) is 20.2. The molecule has 1 unspecified atom stereocenters. The topological polar surface area (TPSA) is 69.6 Å². The summed E-state index contributed by atoms with van der Waals surface area (Å²) in [4.78, 5) is 26.3. The Morgan fingerprint density at radius 3 is 2.45 bits per heavy atom. The molecule has 174 valence electrons. The van der Waals surface area contributed by atoms with E-state index in [-0.39, 0.29) is 24.9 Å². The Morgan fingerprint density at radius 2 is 1.79 bits per heavy atom. The molecule has 1 amide bonds. The largest absolute Gasteiger partial charge is 0.481 e. The maximum absolute atomic E-state index is 12.6. The number of rotatable bonds is 8. The number of thiophene rings is 1. The van der Waals surface area contributed by atoms with Crippen LogP contribution in [0, 0.1) is 12.8 Å². The molecular weight excluding hydrogens is 432 g/mol. The summed E-state index contributed by atoms with van der Waals surface area (Å²) >= 11 is 1.89. The Balaban J connectivity index is 1.55. The van der Waals surface area contributed by atoms with Crippen LogP contribution in [0.15, 0.2) is 48.5 Å². The van der Waals surface area contributed by atoms with Crippen molar-refractivity contribution in [3.63, 3.8) is 0 Å². The van der Waals surface area contributed by atoms with E-state index in [1.807, 2.05) is 35.6 Å². The molecule has 0 bridgehead atoms. The molecule has 6 heteroatoms. The predicted molar refractivity (Wildman–Crippen MR) is 135 cm³/mol. The van der Waals surface area contributed by atoms with Gasteiger partial charge in [0.2, 0.25) is 0 Å². The molecule has 5 nitrogen and oxygen atoms in total. The lowest BCUT2D eigenvalue weighted by Crippen LogP contribution is -2.29. The molecule has 2 N–H and O–H groups in total. The fourth-order valence-electron chi connectivity index (χ4n) is 4.83. The van der Waals surface area contributed by atoms with Gasteiger partial charge in [0.05, 0.1) is 12.5 Å². The highest BCUT2D eigenvalue weighted by Gasteiger charge is 2.28. The Bertz CT molecular complexity index is 1120. The molecule has 1 fully saturated rings. The average molecular weight is 465 g/mol. The number of nitrogens with zero attached hydrogens (tertiary/aromatic N) is 1. The fourth-order valence-corrected chi connectivity index (χ4v) is 6.18. The van der Waals surface area contributed by atoms with Crippen LogP contribution in [0.5, 0.6) is 0 Å². The molecule has 4 rings (SSSR count). The van der Waals surface area contributed by atoms with Crippen LogP contribution in [0.1, 0.15) is 65.4 Å². The first kappa shape index (κ1) is 23.3. The highest BCUT2D eigenvalue weighted by molar-refractivity contribution is 7.19. The van der Waals surface area contributed by atoms with Crippen LogP contribution in [0.2, 0.25) is 0 Å². The normalized spacial score (nSPS) is 15.3. The summed E-state index contributed by atoms with van der Waals surface area (Å²) in [6, 6.07) is 16.5. The molecule has 33 heavy (non-hydrogen) atoms. The minimum atomic E-state index is -0.903. The van der Waals surface area contributed by atoms with Gasteiger partial charge in [-0.25, -0.2) is 0 Å². The third-order valence-corrected chi connectivity index (χ3v) is 8.10. The van der Waals surface area contributed by atoms with Crippen molar-refractivity contribution in [2.45, 2.75) is 51.5 Å². The van der Waals surface area contributed by atoms with Crippen molar-refractivity contribution in [3.8, 4) is 0 Å². The zero-order valence-electron chi connectivity index (χ0n) is 19.3. The summed E-state index contributed by atoms with van der Waals surface area (Å²) in [5.41, 5.74) is 2.94. The van der Waals surface area contributed by atoms with Gasteiger partial charge in [0.15, 0.2) is 0 Å². The molecule has 1 heterocycles. The van der Waals surface area contributed by atoms with Crippen molar-refractivity contribution < 1.29 is 14.7 Å². The molecule has 0 radical (unpaired) electrons. The van der Waals surface area contributed by atoms with Crippen LogP contribution in [0.4, 0.5) is 5.69 Å². The van der Waals surface area contributed by atoms with E-state index >= 15 is 0 Å². The molecule has 0 saturated heterocycles. The van der Waals surface area contributed by atoms with E-state index in [9.17, 15) is 9.59 Å². The highest BCUT2D eigenvalue weighted by atomic mass is 32.1. The molecule has 1 atom stereocenters. The summed E-state index contributed by atoms with van der Waals surface area (Å²) in [6.45, 7) is 2.43. The second-order valence-corrected chi connectivity index (χ2v) is 10.1. The summed E-state index contributed by atoms with van der Waals surface area (Å²) in [6.07, 6.45) is 6.29. The third kappa shape index (κ3) is 5.38. The van der Waals surface area contributed by atoms with Gasteiger partial charge in [-0.3, -0.25) is 9.59 Å². The standard InChI is InChI=1S/C27H32N2O3S/c1-18-22-10-6-7-11-23(22)33-26(18)25(19-8-4-3-5-9-19)28-21-14-12-20(13-15-21)27(32)29(2)17-16-24(30)31/h6-7,10-15,19,25,28H,3-5,8-9,16-17H2,1-2H3,(H,30,31). The minimum Gasteiger partial charge on any atom is -0.481 e. The Labute approximate surface area is 199 Å². The van der Waals surface area contributed by atoms with Gasteiger partial charge < -0.3 is 15.3 Å². The number of anilines is 1. The number of carboxylic acids is 1. The first-order valence-corrected chi connectivity index (χ1v) is 12.6. The molecule has 1 aromatic heterocycles. The summed E-state index contributed by atoms with van der Waals surface area (Å²) in [5, 5.41) is 14.0. The van der Waals surface area contributed by atoms with Crippen molar-refractivity contribution in [2.24, 2.45) is 5.92 Å².